The van der Waals surface area contributed by atoms with E-state index in [0.717, 1.165) is 0 Å². The van der Waals surface area contributed by atoms with Crippen LogP contribution in [-0.2, 0) is 6.18 Å². The first kappa shape index (κ1) is 15.0. The van der Waals surface area contributed by atoms with Crippen LogP contribution < -0.4 is 5.32 Å². The molecule has 0 spiro atoms. The second-order valence-corrected chi connectivity index (χ2v) is 4.64. The predicted molar refractivity (Wildman–Crippen MR) is 74.4 cm³/mol. The molecule has 0 saturated carbocycles. The van der Waals surface area contributed by atoms with E-state index in [2.05, 4.69) is 20.0 Å². The highest BCUT2D eigenvalue weighted by molar-refractivity contribution is 5.67. The van der Waals surface area contributed by atoms with Crippen LogP contribution in [0.5, 0.6) is 0 Å². The lowest BCUT2D eigenvalue weighted by atomic mass is 10.2. The second kappa shape index (κ2) is 5.71. The van der Waals surface area contributed by atoms with E-state index in [1.165, 1.54) is 24.3 Å². The minimum atomic E-state index is -4.69. The van der Waals surface area contributed by atoms with Gasteiger partial charge in [-0.05, 0) is 30.3 Å². The number of hydrogen-bond donors (Lipinski definition) is 1. The van der Waals surface area contributed by atoms with Gasteiger partial charge >= 0.3 is 12.1 Å². The summed E-state index contributed by atoms with van der Waals surface area (Å²) in [7, 11) is 0. The first-order chi connectivity index (χ1) is 10.9. The molecule has 0 atom stereocenters. The summed E-state index contributed by atoms with van der Waals surface area (Å²) in [5, 5.41) is 6.26. The Labute approximate surface area is 127 Å². The van der Waals surface area contributed by atoms with E-state index < -0.39 is 17.9 Å². The fourth-order valence-corrected chi connectivity index (χ4v) is 1.92. The van der Waals surface area contributed by atoms with Gasteiger partial charge in [0.1, 0.15) is 5.82 Å². The third-order valence-corrected chi connectivity index (χ3v) is 2.90. The van der Waals surface area contributed by atoms with E-state index in [9.17, 15) is 17.6 Å². The third-order valence-electron chi connectivity index (χ3n) is 2.90. The molecule has 1 heterocycles. The van der Waals surface area contributed by atoms with Gasteiger partial charge < -0.3 is 9.84 Å². The zero-order chi connectivity index (χ0) is 16.4. The molecule has 0 aliphatic rings. The van der Waals surface area contributed by atoms with Gasteiger partial charge in [-0.2, -0.15) is 18.2 Å². The van der Waals surface area contributed by atoms with Gasteiger partial charge in [0.25, 0.3) is 0 Å². The molecular formula is C15H9F4N3O. The molecule has 0 amide bonds. The number of halogens is 4. The Kier molecular flexibility index (Phi) is 3.73. The van der Waals surface area contributed by atoms with Crippen molar-refractivity contribution in [3.8, 4) is 11.4 Å². The molecule has 1 N–H and O–H groups in total. The zero-order valence-electron chi connectivity index (χ0n) is 11.4. The first-order valence-corrected chi connectivity index (χ1v) is 6.46. The molecule has 23 heavy (non-hydrogen) atoms. The molecule has 0 fully saturated rings. The van der Waals surface area contributed by atoms with Crippen LogP contribution in [0.4, 0.5) is 28.9 Å². The molecule has 3 rings (SSSR count). The summed E-state index contributed by atoms with van der Waals surface area (Å²) in [5.74, 6) is -1.99. The van der Waals surface area contributed by atoms with Crippen molar-refractivity contribution in [2.75, 3.05) is 5.32 Å². The SMILES string of the molecule is Fc1cccc(Nc2cccc(-c3noc(C(F)(F)F)n3)c2)c1. The van der Waals surface area contributed by atoms with Crippen molar-refractivity contribution in [3.05, 3.63) is 60.2 Å². The van der Waals surface area contributed by atoms with Gasteiger partial charge in [-0.15, -0.1) is 0 Å². The Morgan fingerprint density at radius 3 is 2.30 bits per heavy atom. The molecule has 3 aromatic rings. The molecule has 0 bridgehead atoms. The van der Waals surface area contributed by atoms with E-state index in [4.69, 9.17) is 0 Å². The van der Waals surface area contributed by atoms with E-state index in [0.29, 0.717) is 16.9 Å². The molecular weight excluding hydrogens is 314 g/mol. The van der Waals surface area contributed by atoms with Crippen molar-refractivity contribution >= 4 is 11.4 Å². The number of alkyl halides is 3. The fraction of sp³-hybridized carbons (Fsp3) is 0.0667. The van der Waals surface area contributed by atoms with E-state index in [-0.39, 0.29) is 5.82 Å². The Morgan fingerprint density at radius 2 is 1.65 bits per heavy atom. The minimum Gasteiger partial charge on any atom is -0.355 e. The number of hydrogen-bond acceptors (Lipinski definition) is 4. The highest BCUT2D eigenvalue weighted by Crippen LogP contribution is 2.30. The van der Waals surface area contributed by atoms with Crippen molar-refractivity contribution in [3.63, 3.8) is 0 Å². The fourth-order valence-electron chi connectivity index (χ4n) is 1.92. The first-order valence-electron chi connectivity index (χ1n) is 6.46. The van der Waals surface area contributed by atoms with Gasteiger partial charge in [-0.1, -0.05) is 23.4 Å². The van der Waals surface area contributed by atoms with Crippen LogP contribution in [0.25, 0.3) is 11.4 Å². The van der Waals surface area contributed by atoms with Crippen molar-refractivity contribution in [2.45, 2.75) is 6.18 Å². The number of nitrogens with one attached hydrogen (secondary N) is 1. The maximum absolute atomic E-state index is 13.1. The van der Waals surface area contributed by atoms with Gasteiger partial charge in [0.05, 0.1) is 0 Å². The van der Waals surface area contributed by atoms with Gasteiger partial charge in [0.2, 0.25) is 5.82 Å². The third kappa shape index (κ3) is 3.47. The van der Waals surface area contributed by atoms with Crippen LogP contribution in [-0.4, -0.2) is 10.1 Å². The topological polar surface area (TPSA) is 51.0 Å². The Morgan fingerprint density at radius 1 is 0.957 bits per heavy atom. The summed E-state index contributed by atoms with van der Waals surface area (Å²) in [6.07, 6.45) is -4.69. The normalized spacial score (nSPS) is 11.5. The Bertz CT molecular complexity index is 829. The molecule has 4 nitrogen and oxygen atoms in total. The van der Waals surface area contributed by atoms with Gasteiger partial charge in [-0.3, -0.25) is 0 Å². The number of rotatable bonds is 3. The molecule has 2 aromatic carbocycles. The largest absolute Gasteiger partial charge is 0.471 e. The maximum Gasteiger partial charge on any atom is 0.471 e. The number of nitrogens with zero attached hydrogens (tertiary/aromatic N) is 2. The molecule has 0 unspecified atom stereocenters. The summed E-state index contributed by atoms with van der Waals surface area (Å²) >= 11 is 0. The van der Waals surface area contributed by atoms with Crippen molar-refractivity contribution < 1.29 is 22.1 Å². The minimum absolute atomic E-state index is 0.180. The van der Waals surface area contributed by atoms with Crippen molar-refractivity contribution in [1.29, 1.82) is 0 Å². The summed E-state index contributed by atoms with van der Waals surface area (Å²) in [6, 6.07) is 12.2. The van der Waals surface area contributed by atoms with Crippen molar-refractivity contribution in [1.82, 2.24) is 10.1 Å². The van der Waals surface area contributed by atoms with E-state index in [1.807, 2.05) is 0 Å². The molecule has 118 valence electrons. The Balaban J connectivity index is 1.86. The smallest absolute Gasteiger partial charge is 0.355 e. The Hall–Kier alpha value is -2.90. The molecule has 1 aromatic heterocycles. The number of benzene rings is 2. The molecule has 8 heteroatoms. The highest BCUT2D eigenvalue weighted by Gasteiger charge is 2.38. The average molecular weight is 323 g/mol. The molecule has 0 aliphatic heterocycles. The predicted octanol–water partition coefficient (Wildman–Crippen LogP) is 4.64. The summed E-state index contributed by atoms with van der Waals surface area (Å²) in [5.41, 5.74) is 1.39. The van der Waals surface area contributed by atoms with Gasteiger partial charge in [-0.25, -0.2) is 4.39 Å². The molecule has 0 aliphatic carbocycles. The van der Waals surface area contributed by atoms with Crippen LogP contribution in [0.15, 0.2) is 53.1 Å². The highest BCUT2D eigenvalue weighted by atomic mass is 19.4. The lowest BCUT2D eigenvalue weighted by Crippen LogP contribution is -2.04. The monoisotopic (exact) mass is 323 g/mol. The maximum atomic E-state index is 13.1. The van der Waals surface area contributed by atoms with Crippen LogP contribution in [0.2, 0.25) is 0 Å². The van der Waals surface area contributed by atoms with Crippen LogP contribution in [0.1, 0.15) is 5.89 Å². The van der Waals surface area contributed by atoms with Crippen molar-refractivity contribution in [2.24, 2.45) is 0 Å². The molecule has 0 radical (unpaired) electrons. The van der Waals surface area contributed by atoms with Gasteiger partial charge in [0, 0.05) is 16.9 Å². The van der Waals surface area contributed by atoms with Crippen LogP contribution in [0, 0.1) is 5.82 Å². The molecule has 0 saturated heterocycles. The lowest BCUT2D eigenvalue weighted by molar-refractivity contribution is -0.159. The second-order valence-electron chi connectivity index (χ2n) is 4.64. The summed E-state index contributed by atoms with van der Waals surface area (Å²) in [6.45, 7) is 0. The zero-order valence-corrected chi connectivity index (χ0v) is 11.4. The average Bonchev–Trinajstić information content (AvgIpc) is 2.97. The van der Waals surface area contributed by atoms with Crippen LogP contribution >= 0.6 is 0 Å². The standard InChI is InChI=1S/C15H9F4N3O/c16-10-4-2-6-12(8-10)20-11-5-1-3-9(7-11)13-21-14(23-22-13)15(17,18)19/h1-8,20H. The van der Waals surface area contributed by atoms with E-state index >= 15 is 0 Å². The number of anilines is 2. The summed E-state index contributed by atoms with van der Waals surface area (Å²) in [4.78, 5) is 3.32. The quantitative estimate of drug-likeness (QED) is 0.714. The van der Waals surface area contributed by atoms with Gasteiger partial charge in [0.15, 0.2) is 0 Å². The van der Waals surface area contributed by atoms with E-state index in [1.54, 1.807) is 24.3 Å². The van der Waals surface area contributed by atoms with Crippen LogP contribution in [0.3, 0.4) is 0 Å². The lowest BCUT2D eigenvalue weighted by Gasteiger charge is -2.07. The number of aromatic nitrogens is 2. The summed E-state index contributed by atoms with van der Waals surface area (Å²) < 4.78 is 54.8.